The summed E-state index contributed by atoms with van der Waals surface area (Å²) in [5.74, 6) is 0.685. The van der Waals surface area contributed by atoms with Crippen molar-refractivity contribution < 1.29 is 4.79 Å². The van der Waals surface area contributed by atoms with Crippen molar-refractivity contribution in [3.8, 4) is 0 Å². The molecule has 0 saturated heterocycles. The van der Waals surface area contributed by atoms with Crippen LogP contribution in [0.4, 0.5) is 0 Å². The normalized spacial score (nSPS) is 17.7. The molecule has 0 spiro atoms. The van der Waals surface area contributed by atoms with Gasteiger partial charge in [-0.1, -0.05) is 0 Å². The summed E-state index contributed by atoms with van der Waals surface area (Å²) in [6, 6.07) is -0.0256. The molecule has 0 aromatic carbocycles. The Kier molecular flexibility index (Phi) is 6.32. The Hall–Kier alpha value is -0.850. The fourth-order valence-electron chi connectivity index (χ4n) is 1.68. The monoisotopic (exact) mass is 267 g/mol. The number of hydrogen-bond donors (Lipinski definition) is 2. The number of rotatable bonds is 2. The van der Waals surface area contributed by atoms with Crippen LogP contribution in [0, 0.1) is 0 Å². The van der Waals surface area contributed by atoms with E-state index in [0.717, 1.165) is 25.2 Å². The molecule has 2 heterocycles. The predicted octanol–water partition coefficient (Wildman–Crippen LogP) is 0.0315. The van der Waals surface area contributed by atoms with Gasteiger partial charge in [0.05, 0.1) is 12.6 Å². The lowest BCUT2D eigenvalue weighted by Gasteiger charge is -2.22. The molecule has 1 aliphatic heterocycles. The molecule has 0 bridgehead atoms. The smallest absolute Gasteiger partial charge is 0.234 e. The van der Waals surface area contributed by atoms with Gasteiger partial charge < -0.3 is 11.1 Å². The van der Waals surface area contributed by atoms with Crippen molar-refractivity contribution in [2.45, 2.75) is 25.4 Å². The van der Waals surface area contributed by atoms with Crippen LogP contribution < -0.4 is 11.1 Å². The van der Waals surface area contributed by atoms with Gasteiger partial charge in [0.15, 0.2) is 0 Å². The molecule has 1 aromatic rings. The van der Waals surface area contributed by atoms with E-state index in [1.807, 2.05) is 4.68 Å². The van der Waals surface area contributed by atoms with Crippen LogP contribution in [0.1, 0.15) is 24.7 Å². The maximum absolute atomic E-state index is 11.1. The van der Waals surface area contributed by atoms with Crippen molar-refractivity contribution in [1.29, 1.82) is 0 Å². The summed E-state index contributed by atoms with van der Waals surface area (Å²) in [4.78, 5) is 15.2. The molecular weight excluding hydrogens is 253 g/mol. The average molecular weight is 268 g/mol. The Morgan fingerprint density at radius 1 is 1.62 bits per heavy atom. The van der Waals surface area contributed by atoms with Gasteiger partial charge >= 0.3 is 0 Å². The summed E-state index contributed by atoms with van der Waals surface area (Å²) >= 11 is 0. The number of fused-ring (bicyclic) bond motifs is 1. The van der Waals surface area contributed by atoms with E-state index in [-0.39, 0.29) is 43.3 Å². The molecule has 1 aliphatic rings. The molecule has 1 atom stereocenters. The lowest BCUT2D eigenvalue weighted by atomic mass is 10.1. The topological polar surface area (TPSA) is 85.8 Å². The summed E-state index contributed by atoms with van der Waals surface area (Å²) in [5, 5.41) is 6.89. The Labute approximate surface area is 106 Å². The van der Waals surface area contributed by atoms with Crippen LogP contribution in [-0.2, 0) is 11.3 Å². The minimum atomic E-state index is -0.147. The van der Waals surface area contributed by atoms with E-state index in [2.05, 4.69) is 15.4 Å². The van der Waals surface area contributed by atoms with Crippen molar-refractivity contribution >= 4 is 30.7 Å². The number of amides is 1. The zero-order valence-electron chi connectivity index (χ0n) is 8.63. The molecular formula is C8H15Cl2N5O. The predicted molar refractivity (Wildman–Crippen MR) is 63.7 cm³/mol. The van der Waals surface area contributed by atoms with E-state index in [4.69, 9.17) is 5.73 Å². The van der Waals surface area contributed by atoms with E-state index in [1.165, 1.54) is 6.33 Å². The van der Waals surface area contributed by atoms with E-state index in [1.54, 1.807) is 0 Å². The third-order valence-corrected chi connectivity index (χ3v) is 2.34. The molecule has 92 valence electrons. The first kappa shape index (κ1) is 15.2. The lowest BCUT2D eigenvalue weighted by molar-refractivity contribution is -0.120. The first-order valence-electron chi connectivity index (χ1n) is 4.68. The standard InChI is InChI=1S/C8H13N5O.2ClH/c9-4-7(14)12-6-2-1-3-13-8(6)10-5-11-13;;/h5-6H,1-4,9H2,(H,12,14);2*1H. The van der Waals surface area contributed by atoms with Crippen LogP contribution >= 0.6 is 24.8 Å². The third kappa shape index (κ3) is 3.07. The highest BCUT2D eigenvalue weighted by Gasteiger charge is 2.23. The second-order valence-corrected chi connectivity index (χ2v) is 3.31. The van der Waals surface area contributed by atoms with Crippen molar-refractivity contribution in [1.82, 2.24) is 20.1 Å². The number of nitrogens with zero attached hydrogens (tertiary/aromatic N) is 3. The number of carbonyl (C=O) groups is 1. The Balaban J connectivity index is 0.00000112. The van der Waals surface area contributed by atoms with Gasteiger partial charge in [-0.25, -0.2) is 9.67 Å². The molecule has 8 heteroatoms. The second kappa shape index (κ2) is 6.67. The van der Waals surface area contributed by atoms with E-state index >= 15 is 0 Å². The number of nitrogens with one attached hydrogen (secondary N) is 1. The van der Waals surface area contributed by atoms with Gasteiger partial charge in [0.1, 0.15) is 12.2 Å². The summed E-state index contributed by atoms with van der Waals surface area (Å²) in [7, 11) is 0. The van der Waals surface area contributed by atoms with Gasteiger partial charge in [-0.15, -0.1) is 24.8 Å². The number of aromatic nitrogens is 3. The summed E-state index contributed by atoms with van der Waals surface area (Å²) < 4.78 is 1.82. The van der Waals surface area contributed by atoms with Crippen molar-refractivity contribution in [3.05, 3.63) is 12.2 Å². The highest BCUT2D eigenvalue weighted by Crippen LogP contribution is 2.21. The SMILES string of the molecule is Cl.Cl.NCC(=O)NC1CCCn2ncnc21. The number of hydrogen-bond acceptors (Lipinski definition) is 4. The minimum absolute atomic E-state index is 0. The summed E-state index contributed by atoms with van der Waals surface area (Å²) in [5.41, 5.74) is 5.23. The van der Waals surface area contributed by atoms with Crippen LogP contribution in [0.25, 0.3) is 0 Å². The Bertz CT molecular complexity index is 343. The van der Waals surface area contributed by atoms with Crippen molar-refractivity contribution in [2.24, 2.45) is 5.73 Å². The van der Waals surface area contributed by atoms with Crippen LogP contribution in [0.15, 0.2) is 6.33 Å². The van der Waals surface area contributed by atoms with Gasteiger partial charge in [-0.3, -0.25) is 4.79 Å². The molecule has 3 N–H and O–H groups in total. The summed E-state index contributed by atoms with van der Waals surface area (Å²) in [6.45, 7) is 0.898. The summed E-state index contributed by atoms with van der Waals surface area (Å²) in [6.07, 6.45) is 3.43. The Morgan fingerprint density at radius 2 is 2.38 bits per heavy atom. The second-order valence-electron chi connectivity index (χ2n) is 3.31. The zero-order valence-corrected chi connectivity index (χ0v) is 10.3. The average Bonchev–Trinajstić information content (AvgIpc) is 2.66. The molecule has 1 aromatic heterocycles. The number of halogens is 2. The van der Waals surface area contributed by atoms with Crippen molar-refractivity contribution in [3.63, 3.8) is 0 Å². The minimum Gasteiger partial charge on any atom is -0.345 e. The van der Waals surface area contributed by atoms with Crippen LogP contribution in [0.2, 0.25) is 0 Å². The Morgan fingerprint density at radius 3 is 3.06 bits per heavy atom. The molecule has 1 amide bonds. The van der Waals surface area contributed by atoms with Gasteiger partial charge in [-0.05, 0) is 12.8 Å². The number of carbonyl (C=O) groups excluding carboxylic acids is 1. The molecule has 0 fully saturated rings. The van der Waals surface area contributed by atoms with E-state index < -0.39 is 0 Å². The first-order chi connectivity index (χ1) is 6.81. The molecule has 1 unspecified atom stereocenters. The molecule has 16 heavy (non-hydrogen) atoms. The molecule has 0 radical (unpaired) electrons. The molecule has 0 saturated carbocycles. The van der Waals surface area contributed by atoms with Gasteiger partial charge in [0, 0.05) is 6.54 Å². The quantitative estimate of drug-likeness (QED) is 0.792. The number of nitrogens with two attached hydrogens (primary N) is 1. The zero-order chi connectivity index (χ0) is 9.97. The van der Waals surface area contributed by atoms with Gasteiger partial charge in [0.2, 0.25) is 5.91 Å². The van der Waals surface area contributed by atoms with E-state index in [9.17, 15) is 4.79 Å². The highest BCUT2D eigenvalue weighted by atomic mass is 35.5. The highest BCUT2D eigenvalue weighted by molar-refractivity contribution is 5.85. The van der Waals surface area contributed by atoms with Gasteiger partial charge in [0.25, 0.3) is 0 Å². The van der Waals surface area contributed by atoms with Gasteiger partial charge in [-0.2, -0.15) is 5.10 Å². The fraction of sp³-hybridized carbons (Fsp3) is 0.625. The molecule has 0 aliphatic carbocycles. The largest absolute Gasteiger partial charge is 0.345 e. The lowest BCUT2D eigenvalue weighted by Crippen LogP contribution is -2.36. The van der Waals surface area contributed by atoms with Crippen LogP contribution in [0.3, 0.4) is 0 Å². The molecule has 2 rings (SSSR count). The molecule has 6 nitrogen and oxygen atoms in total. The van der Waals surface area contributed by atoms with Crippen LogP contribution in [-0.4, -0.2) is 27.2 Å². The van der Waals surface area contributed by atoms with Crippen molar-refractivity contribution in [2.75, 3.05) is 6.54 Å². The first-order valence-corrected chi connectivity index (χ1v) is 4.68. The third-order valence-electron chi connectivity index (χ3n) is 2.34. The van der Waals surface area contributed by atoms with Crippen LogP contribution in [0.5, 0.6) is 0 Å². The maximum Gasteiger partial charge on any atom is 0.234 e. The fourth-order valence-corrected chi connectivity index (χ4v) is 1.68. The maximum atomic E-state index is 11.1. The number of aryl methyl sites for hydroxylation is 1. The van der Waals surface area contributed by atoms with E-state index in [0.29, 0.717) is 0 Å².